The minimum Gasteiger partial charge on any atom is -0.481 e. The van der Waals surface area contributed by atoms with Crippen molar-refractivity contribution < 1.29 is 19.5 Å². The molecule has 2 atom stereocenters. The molecule has 0 saturated heterocycles. The molecule has 2 N–H and O–H groups in total. The number of amides is 2. The summed E-state index contributed by atoms with van der Waals surface area (Å²) >= 11 is 0. The van der Waals surface area contributed by atoms with Crippen LogP contribution in [0.4, 0.5) is 0 Å². The maximum absolute atomic E-state index is 12.5. The Morgan fingerprint density at radius 1 is 1.19 bits per heavy atom. The second kappa shape index (κ2) is 8.00. The number of rotatable bonds is 6. The van der Waals surface area contributed by atoms with E-state index in [2.05, 4.69) is 5.32 Å². The Kier molecular flexibility index (Phi) is 6.65. The Labute approximate surface area is 125 Å². The molecule has 2 amide bonds. The normalized spacial score (nSPS) is 21.9. The highest BCUT2D eigenvalue weighted by Gasteiger charge is 2.37. The second-order valence-corrected chi connectivity index (χ2v) is 5.91. The van der Waals surface area contributed by atoms with Crippen LogP contribution in [0, 0.1) is 11.8 Å². The third kappa shape index (κ3) is 5.02. The lowest BCUT2D eigenvalue weighted by molar-refractivity contribution is -0.152. The minimum atomic E-state index is -0.907. The molecule has 1 rings (SSSR count). The molecule has 1 aliphatic rings. The van der Waals surface area contributed by atoms with Crippen LogP contribution in [0.3, 0.4) is 0 Å². The number of carboxylic acids is 1. The molecule has 21 heavy (non-hydrogen) atoms. The summed E-state index contributed by atoms with van der Waals surface area (Å²) in [5, 5.41) is 12.0. The molecule has 6 heteroatoms. The summed E-state index contributed by atoms with van der Waals surface area (Å²) in [4.78, 5) is 37.1. The van der Waals surface area contributed by atoms with Gasteiger partial charge in [-0.3, -0.25) is 14.4 Å². The highest BCUT2D eigenvalue weighted by atomic mass is 16.4. The van der Waals surface area contributed by atoms with Crippen molar-refractivity contribution in [2.75, 3.05) is 13.1 Å². The van der Waals surface area contributed by atoms with Crippen LogP contribution < -0.4 is 5.32 Å². The van der Waals surface area contributed by atoms with Crippen molar-refractivity contribution >= 4 is 17.8 Å². The van der Waals surface area contributed by atoms with Gasteiger partial charge in [0.1, 0.15) is 0 Å². The van der Waals surface area contributed by atoms with Crippen molar-refractivity contribution in [2.45, 2.75) is 52.5 Å². The number of carboxylic acid groups (broad SMARTS) is 1. The summed E-state index contributed by atoms with van der Waals surface area (Å²) in [5.41, 5.74) is 0. The van der Waals surface area contributed by atoms with Gasteiger partial charge in [0.15, 0.2) is 0 Å². The van der Waals surface area contributed by atoms with E-state index in [1.54, 1.807) is 6.92 Å². The average molecular weight is 298 g/mol. The number of hydrogen-bond donors (Lipinski definition) is 2. The van der Waals surface area contributed by atoms with E-state index in [0.29, 0.717) is 19.4 Å². The van der Waals surface area contributed by atoms with Gasteiger partial charge in [-0.25, -0.2) is 0 Å². The lowest BCUT2D eigenvalue weighted by Crippen LogP contribution is -2.47. The van der Waals surface area contributed by atoms with Crippen LogP contribution in [0.2, 0.25) is 0 Å². The quantitative estimate of drug-likeness (QED) is 0.772. The van der Waals surface area contributed by atoms with E-state index in [-0.39, 0.29) is 24.4 Å². The van der Waals surface area contributed by atoms with Crippen LogP contribution >= 0.6 is 0 Å². The number of hydrogen-bond acceptors (Lipinski definition) is 3. The average Bonchev–Trinajstić information content (AvgIpc) is 2.43. The van der Waals surface area contributed by atoms with Crippen LogP contribution in [0.5, 0.6) is 0 Å². The van der Waals surface area contributed by atoms with Crippen molar-refractivity contribution in [2.24, 2.45) is 11.8 Å². The van der Waals surface area contributed by atoms with E-state index in [1.807, 2.05) is 13.8 Å². The zero-order valence-electron chi connectivity index (χ0n) is 13.1. The monoisotopic (exact) mass is 298 g/mol. The van der Waals surface area contributed by atoms with Crippen molar-refractivity contribution in [1.82, 2.24) is 10.2 Å². The Balaban J connectivity index is 2.72. The Morgan fingerprint density at radius 3 is 2.24 bits per heavy atom. The van der Waals surface area contributed by atoms with Crippen LogP contribution in [-0.4, -0.2) is 46.9 Å². The van der Waals surface area contributed by atoms with E-state index in [0.717, 1.165) is 12.8 Å². The van der Waals surface area contributed by atoms with Gasteiger partial charge in [0.25, 0.3) is 0 Å². The zero-order chi connectivity index (χ0) is 16.0. The fourth-order valence-corrected chi connectivity index (χ4v) is 2.84. The highest BCUT2D eigenvalue weighted by molar-refractivity contribution is 5.88. The van der Waals surface area contributed by atoms with E-state index in [4.69, 9.17) is 0 Å². The van der Waals surface area contributed by atoms with Gasteiger partial charge in [0, 0.05) is 12.6 Å². The summed E-state index contributed by atoms with van der Waals surface area (Å²) in [5.74, 6) is -2.43. The highest BCUT2D eigenvalue weighted by Crippen LogP contribution is 2.31. The van der Waals surface area contributed by atoms with Crippen molar-refractivity contribution in [3.63, 3.8) is 0 Å². The number of nitrogens with one attached hydrogen (secondary N) is 1. The van der Waals surface area contributed by atoms with Gasteiger partial charge in [0.2, 0.25) is 11.8 Å². The van der Waals surface area contributed by atoms with E-state index >= 15 is 0 Å². The lowest BCUT2D eigenvalue weighted by Gasteiger charge is -2.32. The first kappa shape index (κ1) is 17.5. The van der Waals surface area contributed by atoms with E-state index in [1.165, 1.54) is 4.90 Å². The standard InChI is InChI=1S/C15H26N2O4/c1-4-17(9-13(18)16-10(2)3)14(19)11-7-5-6-8-12(11)15(20)21/h10-12H,4-9H2,1-3H3,(H,16,18)(H,20,21)/t11-,12+/m1/s1. The number of likely N-dealkylation sites (N-methyl/N-ethyl adjacent to an activating group) is 1. The number of carbonyl (C=O) groups excluding carboxylic acids is 2. The zero-order valence-corrected chi connectivity index (χ0v) is 13.1. The first-order valence-electron chi connectivity index (χ1n) is 7.67. The van der Waals surface area contributed by atoms with Crippen LogP contribution in [0.25, 0.3) is 0 Å². The van der Waals surface area contributed by atoms with Gasteiger partial charge in [-0.2, -0.15) is 0 Å². The SMILES string of the molecule is CCN(CC(=O)NC(C)C)C(=O)[C@@H]1CCCC[C@@H]1C(=O)O. The summed E-state index contributed by atoms with van der Waals surface area (Å²) in [6.45, 7) is 5.93. The molecule has 1 fully saturated rings. The van der Waals surface area contributed by atoms with Crippen molar-refractivity contribution in [1.29, 1.82) is 0 Å². The molecular weight excluding hydrogens is 272 g/mol. The molecule has 1 aliphatic carbocycles. The largest absolute Gasteiger partial charge is 0.481 e. The lowest BCUT2D eigenvalue weighted by atomic mass is 9.78. The number of aliphatic carboxylic acids is 1. The molecule has 0 unspecified atom stereocenters. The molecule has 120 valence electrons. The summed E-state index contributed by atoms with van der Waals surface area (Å²) in [6.07, 6.45) is 2.86. The van der Waals surface area contributed by atoms with Crippen LogP contribution in [0.15, 0.2) is 0 Å². The maximum Gasteiger partial charge on any atom is 0.307 e. The van der Waals surface area contributed by atoms with E-state index in [9.17, 15) is 19.5 Å². The first-order chi connectivity index (χ1) is 9.86. The predicted molar refractivity (Wildman–Crippen MR) is 78.6 cm³/mol. The molecule has 1 saturated carbocycles. The maximum atomic E-state index is 12.5. The number of carbonyl (C=O) groups is 3. The molecule has 0 radical (unpaired) electrons. The van der Waals surface area contributed by atoms with Gasteiger partial charge < -0.3 is 15.3 Å². The third-order valence-electron chi connectivity index (χ3n) is 3.88. The van der Waals surface area contributed by atoms with Gasteiger partial charge in [-0.05, 0) is 33.6 Å². The Bertz CT molecular complexity index is 395. The molecule has 0 aromatic carbocycles. The molecule has 0 aliphatic heterocycles. The Hall–Kier alpha value is -1.59. The summed E-state index contributed by atoms with van der Waals surface area (Å²) in [7, 11) is 0. The van der Waals surface area contributed by atoms with Gasteiger partial charge in [-0.15, -0.1) is 0 Å². The first-order valence-corrected chi connectivity index (χ1v) is 7.67. The van der Waals surface area contributed by atoms with Gasteiger partial charge in [-0.1, -0.05) is 12.8 Å². The summed E-state index contributed by atoms with van der Waals surface area (Å²) in [6, 6.07) is 0.0211. The fourth-order valence-electron chi connectivity index (χ4n) is 2.84. The van der Waals surface area contributed by atoms with Crippen LogP contribution in [0.1, 0.15) is 46.5 Å². The smallest absolute Gasteiger partial charge is 0.307 e. The molecule has 0 heterocycles. The predicted octanol–water partition coefficient (Wildman–Crippen LogP) is 1.25. The molecule has 0 bridgehead atoms. The van der Waals surface area contributed by atoms with Gasteiger partial charge in [0.05, 0.1) is 18.4 Å². The molecule has 0 spiro atoms. The fraction of sp³-hybridized carbons (Fsp3) is 0.800. The summed E-state index contributed by atoms with van der Waals surface area (Å²) < 4.78 is 0. The van der Waals surface area contributed by atoms with E-state index < -0.39 is 17.8 Å². The minimum absolute atomic E-state index is 0.00362. The van der Waals surface area contributed by atoms with Gasteiger partial charge >= 0.3 is 5.97 Å². The molecular formula is C15H26N2O4. The number of nitrogens with zero attached hydrogens (tertiary/aromatic N) is 1. The third-order valence-corrected chi connectivity index (χ3v) is 3.88. The van der Waals surface area contributed by atoms with Crippen molar-refractivity contribution in [3.05, 3.63) is 0 Å². The topological polar surface area (TPSA) is 86.7 Å². The molecule has 0 aromatic heterocycles. The molecule has 6 nitrogen and oxygen atoms in total. The molecule has 0 aromatic rings. The van der Waals surface area contributed by atoms with Crippen molar-refractivity contribution in [3.8, 4) is 0 Å². The van der Waals surface area contributed by atoms with Crippen LogP contribution in [-0.2, 0) is 14.4 Å². The Morgan fingerprint density at radius 2 is 1.76 bits per heavy atom. The second-order valence-electron chi connectivity index (χ2n) is 5.91.